The van der Waals surface area contributed by atoms with E-state index in [2.05, 4.69) is 30.3 Å². The van der Waals surface area contributed by atoms with Crippen molar-refractivity contribution in [2.45, 2.75) is 24.9 Å². The maximum Gasteiger partial charge on any atom is 0.160 e. The molecule has 24 heavy (non-hydrogen) atoms. The summed E-state index contributed by atoms with van der Waals surface area (Å²) in [6, 6.07) is 1.88. The lowest BCUT2D eigenvalue weighted by Gasteiger charge is -2.49. The molecule has 4 aliphatic heterocycles. The van der Waals surface area contributed by atoms with Gasteiger partial charge in [-0.3, -0.25) is 9.47 Å². The average molecular weight is 325 g/mol. The van der Waals surface area contributed by atoms with Gasteiger partial charge in [-0.15, -0.1) is 0 Å². The van der Waals surface area contributed by atoms with Crippen LogP contribution in [0.1, 0.15) is 19.3 Å². The Morgan fingerprint density at radius 2 is 2.17 bits per heavy atom. The number of oxime groups is 1. The van der Waals surface area contributed by atoms with Gasteiger partial charge in [0.1, 0.15) is 24.3 Å². The van der Waals surface area contributed by atoms with Gasteiger partial charge < -0.3 is 10.2 Å². The molecule has 124 valence electrons. The lowest BCUT2D eigenvalue weighted by atomic mass is 9.73. The van der Waals surface area contributed by atoms with Crippen molar-refractivity contribution in [3.63, 3.8) is 0 Å². The number of anilines is 1. The van der Waals surface area contributed by atoms with Gasteiger partial charge in [0.2, 0.25) is 0 Å². The Bertz CT molecular complexity index is 766. The fourth-order valence-corrected chi connectivity index (χ4v) is 4.09. The molecule has 8 nitrogen and oxygen atoms in total. The first-order valence-corrected chi connectivity index (χ1v) is 8.36. The number of nitrogens with zero attached hydrogens (tertiary/aromatic N) is 6. The first kappa shape index (κ1) is 13.9. The molecule has 0 amide bonds. The van der Waals surface area contributed by atoms with Crippen LogP contribution in [0.25, 0.3) is 5.82 Å². The number of imidazole rings is 1. The quantitative estimate of drug-likeness (QED) is 0.896. The third kappa shape index (κ3) is 2.25. The zero-order chi connectivity index (χ0) is 16.0. The molecule has 3 saturated heterocycles. The van der Waals surface area contributed by atoms with Crippen LogP contribution in [0.5, 0.6) is 0 Å². The number of nitrogens with one attached hydrogen (secondary N) is 1. The molecule has 4 aliphatic rings. The monoisotopic (exact) mass is 325 g/mol. The predicted octanol–water partition coefficient (Wildman–Crippen LogP) is 1.27. The van der Waals surface area contributed by atoms with Crippen molar-refractivity contribution in [2.24, 2.45) is 11.1 Å². The molecule has 2 aromatic heterocycles. The van der Waals surface area contributed by atoms with E-state index in [1.807, 2.05) is 16.8 Å². The number of fused-ring (bicyclic) bond motifs is 2. The summed E-state index contributed by atoms with van der Waals surface area (Å²) in [5, 5.41) is 7.61. The Balaban J connectivity index is 1.32. The molecule has 1 spiro atoms. The van der Waals surface area contributed by atoms with Gasteiger partial charge >= 0.3 is 0 Å². The van der Waals surface area contributed by atoms with E-state index in [1.165, 1.54) is 32.3 Å². The SMILES string of the molecule is c1cn(-c2cc(NC3=NOC4(C3)CN3CCC4CC3)ncn2)cn1. The lowest BCUT2D eigenvalue weighted by Crippen LogP contribution is -2.59. The number of hydrogen-bond donors (Lipinski definition) is 1. The fraction of sp³-hybridized carbons (Fsp3) is 0.500. The van der Waals surface area contributed by atoms with Crippen LogP contribution in [0.2, 0.25) is 0 Å². The lowest BCUT2D eigenvalue weighted by molar-refractivity contribution is -0.136. The highest BCUT2D eigenvalue weighted by Gasteiger charge is 2.52. The Labute approximate surface area is 139 Å². The summed E-state index contributed by atoms with van der Waals surface area (Å²) < 4.78 is 1.84. The molecule has 2 aromatic rings. The zero-order valence-electron chi connectivity index (χ0n) is 13.3. The fourth-order valence-electron chi connectivity index (χ4n) is 4.09. The standard InChI is InChI=1S/C16H19N7O/c1-4-22-5-2-12(1)16(9-22)8-14(21-24-16)20-13-7-15(19-10-18-13)23-6-3-17-11-23/h3,6-7,10-12H,1-2,4-5,8-9H2,(H,18,19,20,21). The zero-order valence-corrected chi connectivity index (χ0v) is 13.3. The Hall–Kier alpha value is -2.48. The van der Waals surface area contributed by atoms with E-state index < -0.39 is 0 Å². The summed E-state index contributed by atoms with van der Waals surface area (Å²) in [6.45, 7) is 3.37. The minimum Gasteiger partial charge on any atom is -0.386 e. The molecule has 2 bridgehead atoms. The van der Waals surface area contributed by atoms with Crippen molar-refractivity contribution in [1.29, 1.82) is 0 Å². The predicted molar refractivity (Wildman–Crippen MR) is 87.8 cm³/mol. The Morgan fingerprint density at radius 1 is 1.25 bits per heavy atom. The number of hydrogen-bond acceptors (Lipinski definition) is 7. The number of rotatable bonds is 2. The minimum absolute atomic E-state index is 0.140. The molecule has 3 fully saturated rings. The van der Waals surface area contributed by atoms with Crippen molar-refractivity contribution in [3.8, 4) is 5.82 Å². The highest BCUT2D eigenvalue weighted by molar-refractivity contribution is 5.96. The number of amidine groups is 1. The van der Waals surface area contributed by atoms with Crippen LogP contribution in [0, 0.1) is 5.92 Å². The maximum atomic E-state index is 5.93. The van der Waals surface area contributed by atoms with Gasteiger partial charge in [0.05, 0.1) is 6.42 Å². The summed E-state index contributed by atoms with van der Waals surface area (Å²) >= 11 is 0. The summed E-state index contributed by atoms with van der Waals surface area (Å²) in [6.07, 6.45) is 10.1. The van der Waals surface area contributed by atoms with E-state index >= 15 is 0 Å². The third-order valence-corrected chi connectivity index (χ3v) is 5.32. The van der Waals surface area contributed by atoms with E-state index in [0.29, 0.717) is 5.92 Å². The number of piperidine rings is 3. The van der Waals surface area contributed by atoms with Crippen LogP contribution in [0.3, 0.4) is 0 Å². The first-order chi connectivity index (χ1) is 11.8. The number of aromatic nitrogens is 4. The first-order valence-electron chi connectivity index (χ1n) is 8.36. The summed E-state index contributed by atoms with van der Waals surface area (Å²) in [4.78, 5) is 21.0. The second-order valence-corrected chi connectivity index (χ2v) is 6.78. The van der Waals surface area contributed by atoms with Gasteiger partial charge in [-0.05, 0) is 25.9 Å². The summed E-state index contributed by atoms with van der Waals surface area (Å²) in [5.41, 5.74) is -0.140. The highest BCUT2D eigenvalue weighted by atomic mass is 16.7. The molecule has 0 radical (unpaired) electrons. The highest BCUT2D eigenvalue weighted by Crippen LogP contribution is 2.43. The molecule has 0 saturated carbocycles. The largest absolute Gasteiger partial charge is 0.386 e. The Kier molecular flexibility index (Phi) is 3.05. The van der Waals surface area contributed by atoms with Gasteiger partial charge in [-0.25, -0.2) is 15.0 Å². The summed E-state index contributed by atoms with van der Waals surface area (Å²) in [7, 11) is 0. The van der Waals surface area contributed by atoms with E-state index in [0.717, 1.165) is 30.4 Å². The maximum absolute atomic E-state index is 5.93. The van der Waals surface area contributed by atoms with Gasteiger partial charge in [0.15, 0.2) is 11.4 Å². The normalized spacial score (nSPS) is 31.1. The smallest absolute Gasteiger partial charge is 0.160 e. The Morgan fingerprint density at radius 3 is 2.92 bits per heavy atom. The molecular formula is C16H19N7O. The van der Waals surface area contributed by atoms with Gasteiger partial charge in [0, 0.05) is 30.9 Å². The molecule has 0 aliphatic carbocycles. The van der Waals surface area contributed by atoms with Crippen molar-refractivity contribution in [2.75, 3.05) is 25.0 Å². The van der Waals surface area contributed by atoms with Crippen LogP contribution >= 0.6 is 0 Å². The van der Waals surface area contributed by atoms with E-state index in [-0.39, 0.29) is 5.60 Å². The molecular weight excluding hydrogens is 306 g/mol. The van der Waals surface area contributed by atoms with Gasteiger partial charge in [-0.1, -0.05) is 5.16 Å². The van der Waals surface area contributed by atoms with Gasteiger partial charge in [-0.2, -0.15) is 0 Å². The third-order valence-electron chi connectivity index (χ3n) is 5.32. The molecule has 1 atom stereocenters. The average Bonchev–Trinajstić information content (AvgIpc) is 3.27. The summed E-state index contributed by atoms with van der Waals surface area (Å²) in [5.74, 6) is 2.94. The van der Waals surface area contributed by atoms with E-state index in [4.69, 9.17) is 4.84 Å². The van der Waals surface area contributed by atoms with Crippen LogP contribution < -0.4 is 5.32 Å². The van der Waals surface area contributed by atoms with Crippen LogP contribution in [0.15, 0.2) is 36.3 Å². The van der Waals surface area contributed by atoms with Crippen molar-refractivity contribution >= 4 is 11.7 Å². The van der Waals surface area contributed by atoms with Crippen LogP contribution in [0.4, 0.5) is 5.82 Å². The topological polar surface area (TPSA) is 80.5 Å². The minimum atomic E-state index is -0.140. The van der Waals surface area contributed by atoms with Crippen molar-refractivity contribution in [3.05, 3.63) is 31.1 Å². The van der Waals surface area contributed by atoms with Crippen molar-refractivity contribution < 1.29 is 4.84 Å². The second kappa shape index (κ2) is 5.27. The van der Waals surface area contributed by atoms with Crippen LogP contribution in [-0.2, 0) is 4.84 Å². The molecule has 8 heteroatoms. The second-order valence-electron chi connectivity index (χ2n) is 6.78. The van der Waals surface area contributed by atoms with E-state index in [9.17, 15) is 0 Å². The molecule has 1 unspecified atom stereocenters. The molecule has 6 heterocycles. The van der Waals surface area contributed by atoms with Crippen LogP contribution in [-0.4, -0.2) is 55.5 Å². The molecule has 0 aromatic carbocycles. The van der Waals surface area contributed by atoms with Crippen molar-refractivity contribution in [1.82, 2.24) is 24.4 Å². The molecule has 1 N–H and O–H groups in total. The van der Waals surface area contributed by atoms with E-state index in [1.54, 1.807) is 12.5 Å². The van der Waals surface area contributed by atoms with Gasteiger partial charge in [0.25, 0.3) is 0 Å². The molecule has 6 rings (SSSR count).